The van der Waals surface area contributed by atoms with E-state index in [2.05, 4.69) is 0 Å². The van der Waals surface area contributed by atoms with Gasteiger partial charge < -0.3 is 18.6 Å². The Morgan fingerprint density at radius 2 is 2.10 bits per heavy atom. The molecule has 0 amide bonds. The van der Waals surface area contributed by atoms with E-state index in [1.165, 1.54) is 6.07 Å². The summed E-state index contributed by atoms with van der Waals surface area (Å²) in [5, 5.41) is 0. The molecule has 3 rings (SSSR count). The molecule has 7 heteroatoms. The normalized spacial score (nSPS) is 13.1. The molecule has 7 nitrogen and oxygen atoms in total. The van der Waals surface area contributed by atoms with E-state index in [1.54, 1.807) is 13.8 Å². The third-order valence-electron chi connectivity index (χ3n) is 2.80. The summed E-state index contributed by atoms with van der Waals surface area (Å²) in [6, 6.07) is 1.44. The summed E-state index contributed by atoms with van der Waals surface area (Å²) in [7, 11) is 0. The minimum Gasteiger partial charge on any atom is -0.453 e. The van der Waals surface area contributed by atoms with E-state index in [0.717, 1.165) is 0 Å². The van der Waals surface area contributed by atoms with Crippen LogP contribution in [0.2, 0.25) is 0 Å². The minimum absolute atomic E-state index is 0.0418. The summed E-state index contributed by atoms with van der Waals surface area (Å²) in [6.07, 6.45) is 0. The zero-order valence-electron chi connectivity index (χ0n) is 10.7. The first kappa shape index (κ1) is 12.5. The van der Waals surface area contributed by atoms with Gasteiger partial charge in [-0.15, -0.1) is 0 Å². The van der Waals surface area contributed by atoms with Crippen LogP contribution < -0.4 is 9.47 Å². The van der Waals surface area contributed by atoms with E-state index in [-0.39, 0.29) is 28.6 Å². The number of hydrogen-bond acceptors (Lipinski definition) is 7. The van der Waals surface area contributed by atoms with Crippen LogP contribution in [0.15, 0.2) is 10.5 Å². The van der Waals surface area contributed by atoms with Gasteiger partial charge in [0.15, 0.2) is 17.8 Å². The number of esters is 3. The Kier molecular flexibility index (Phi) is 2.63. The zero-order valence-corrected chi connectivity index (χ0v) is 10.7. The monoisotopic (exact) mass is 278 g/mol. The molecule has 2 aromatic rings. The molecular weight excluding hydrogens is 268 g/mol. The van der Waals surface area contributed by atoms with Crippen molar-refractivity contribution < 1.29 is 33.0 Å². The van der Waals surface area contributed by atoms with Crippen molar-refractivity contribution in [3.63, 3.8) is 0 Å². The largest absolute Gasteiger partial charge is 0.453 e. The van der Waals surface area contributed by atoms with Crippen molar-refractivity contribution in [2.24, 2.45) is 5.92 Å². The number of rotatable bonds is 4. The van der Waals surface area contributed by atoms with Crippen LogP contribution in [0.25, 0.3) is 11.2 Å². The molecule has 20 heavy (non-hydrogen) atoms. The maximum Gasteiger partial charge on any atom is 0.349 e. The summed E-state index contributed by atoms with van der Waals surface area (Å²) in [4.78, 5) is 34.2. The molecule has 0 aliphatic carbocycles. The molecule has 2 aromatic heterocycles. The summed E-state index contributed by atoms with van der Waals surface area (Å²) >= 11 is 0. The molecule has 0 saturated carbocycles. The highest BCUT2D eigenvalue weighted by Crippen LogP contribution is 2.48. The van der Waals surface area contributed by atoms with Gasteiger partial charge in [-0.05, 0) is 0 Å². The van der Waals surface area contributed by atoms with Crippen molar-refractivity contribution in [2.45, 2.75) is 13.8 Å². The second-order valence-electron chi connectivity index (χ2n) is 4.64. The summed E-state index contributed by atoms with van der Waals surface area (Å²) in [5.74, 6) is -2.00. The van der Waals surface area contributed by atoms with Gasteiger partial charge in [-0.3, -0.25) is 4.79 Å². The molecule has 0 radical (unpaired) electrons. The van der Waals surface area contributed by atoms with Gasteiger partial charge in [0.1, 0.15) is 5.56 Å². The molecule has 104 valence electrons. The molecule has 0 spiro atoms. The lowest BCUT2D eigenvalue weighted by atomic mass is 10.2. The van der Waals surface area contributed by atoms with Crippen molar-refractivity contribution in [3.05, 3.63) is 11.6 Å². The van der Waals surface area contributed by atoms with Crippen LogP contribution in [-0.4, -0.2) is 24.5 Å². The average Bonchev–Trinajstić information content (AvgIpc) is 3.00. The lowest BCUT2D eigenvalue weighted by Crippen LogP contribution is -2.21. The molecule has 0 unspecified atom stereocenters. The number of ether oxygens (including phenoxy) is 3. The fraction of sp³-hybridized carbons (Fsp3) is 0.308. The number of hydrogen-bond donors (Lipinski definition) is 0. The van der Waals surface area contributed by atoms with E-state index in [1.807, 2.05) is 0 Å². The molecule has 3 heterocycles. The first-order chi connectivity index (χ1) is 9.47. The zero-order chi connectivity index (χ0) is 14.4. The Morgan fingerprint density at radius 3 is 2.80 bits per heavy atom. The van der Waals surface area contributed by atoms with Gasteiger partial charge in [-0.2, -0.15) is 0 Å². The number of benzene rings is 1. The van der Waals surface area contributed by atoms with Crippen LogP contribution >= 0.6 is 0 Å². The maximum atomic E-state index is 11.6. The molecule has 0 aromatic carbocycles. The van der Waals surface area contributed by atoms with E-state index in [4.69, 9.17) is 18.6 Å². The predicted molar refractivity (Wildman–Crippen MR) is 63.8 cm³/mol. The molecule has 2 bridgehead atoms. The third kappa shape index (κ3) is 1.78. The maximum absolute atomic E-state index is 11.6. The summed E-state index contributed by atoms with van der Waals surface area (Å²) in [5.41, 5.74) is 0.840. The predicted octanol–water partition coefficient (Wildman–Crippen LogP) is 1.51. The number of carbonyl (C=O) groups excluding carboxylic acids is 3. The van der Waals surface area contributed by atoms with Gasteiger partial charge in [-0.1, -0.05) is 13.8 Å². The molecular formula is C13H10O7. The Labute approximate surface area is 112 Å². The number of carbonyl (C=O) groups is 3. The van der Waals surface area contributed by atoms with Crippen LogP contribution in [0.3, 0.4) is 0 Å². The third-order valence-corrected chi connectivity index (χ3v) is 2.80. The fourth-order valence-corrected chi connectivity index (χ4v) is 1.82. The summed E-state index contributed by atoms with van der Waals surface area (Å²) in [6.45, 7) is 2.79. The Hall–Kier alpha value is -2.57. The van der Waals surface area contributed by atoms with Gasteiger partial charge in [0.2, 0.25) is 11.5 Å². The van der Waals surface area contributed by atoms with Crippen molar-refractivity contribution in [2.75, 3.05) is 6.61 Å². The van der Waals surface area contributed by atoms with Gasteiger partial charge in [-0.25, -0.2) is 9.59 Å². The highest BCUT2D eigenvalue weighted by atomic mass is 16.6. The van der Waals surface area contributed by atoms with Crippen molar-refractivity contribution in [3.8, 4) is 11.5 Å². The number of furan rings is 2. The standard InChI is InChI=1S/C13H10O7/c1-5(2)12(15)17-4-8(14)19-10-7-3-6-9(18-7)11(10)20-13(6)16/h3,5H,4H2,1-2H3. The molecule has 0 atom stereocenters. The van der Waals surface area contributed by atoms with Crippen LogP contribution in [0.5, 0.6) is 11.5 Å². The number of fused-ring (bicyclic) bond motifs is 1. The van der Waals surface area contributed by atoms with E-state index in [9.17, 15) is 14.4 Å². The first-order valence-electron chi connectivity index (χ1n) is 5.95. The molecule has 0 N–H and O–H groups in total. The van der Waals surface area contributed by atoms with E-state index >= 15 is 0 Å². The molecule has 0 fully saturated rings. The van der Waals surface area contributed by atoms with Crippen LogP contribution in [0.1, 0.15) is 24.2 Å². The highest BCUT2D eigenvalue weighted by Gasteiger charge is 2.36. The second-order valence-corrected chi connectivity index (χ2v) is 4.64. The Bertz CT molecular complexity index is 709. The highest BCUT2D eigenvalue weighted by molar-refractivity contribution is 6.10. The van der Waals surface area contributed by atoms with Crippen LogP contribution in [0.4, 0.5) is 0 Å². The minimum atomic E-state index is -0.774. The Morgan fingerprint density at radius 1 is 1.35 bits per heavy atom. The lowest BCUT2D eigenvalue weighted by molar-refractivity contribution is -0.156. The van der Waals surface area contributed by atoms with Gasteiger partial charge in [0.05, 0.1) is 5.92 Å². The quantitative estimate of drug-likeness (QED) is 0.618. The molecule has 1 aliphatic heterocycles. The van der Waals surface area contributed by atoms with Crippen LogP contribution in [-0.2, 0) is 14.3 Å². The molecule has 1 aliphatic rings. The van der Waals surface area contributed by atoms with Gasteiger partial charge >= 0.3 is 17.9 Å². The topological polar surface area (TPSA) is 92.0 Å². The van der Waals surface area contributed by atoms with Gasteiger partial charge in [0.25, 0.3) is 0 Å². The smallest absolute Gasteiger partial charge is 0.349 e. The second kappa shape index (κ2) is 4.22. The van der Waals surface area contributed by atoms with E-state index in [0.29, 0.717) is 5.56 Å². The molecule has 0 saturated heterocycles. The van der Waals surface area contributed by atoms with Crippen molar-refractivity contribution in [1.82, 2.24) is 0 Å². The SMILES string of the molecule is CC(C)C(=O)OCC(=O)Oc1c2c3oc1cc3C(=O)O2. The van der Waals surface area contributed by atoms with Crippen molar-refractivity contribution in [1.29, 1.82) is 0 Å². The fourth-order valence-electron chi connectivity index (χ4n) is 1.82. The van der Waals surface area contributed by atoms with E-state index < -0.39 is 24.5 Å². The lowest BCUT2D eigenvalue weighted by Gasteiger charge is -2.06. The van der Waals surface area contributed by atoms with Crippen LogP contribution in [0, 0.1) is 5.92 Å². The summed E-state index contributed by atoms with van der Waals surface area (Å²) < 4.78 is 19.9. The first-order valence-corrected chi connectivity index (χ1v) is 5.95. The van der Waals surface area contributed by atoms with Crippen molar-refractivity contribution >= 4 is 29.1 Å². The average molecular weight is 278 g/mol. The Balaban J connectivity index is 1.68. The van der Waals surface area contributed by atoms with Gasteiger partial charge in [0, 0.05) is 6.07 Å².